The van der Waals surface area contributed by atoms with Gasteiger partial charge in [-0.1, -0.05) is 13.0 Å². The first kappa shape index (κ1) is 22.5. The van der Waals surface area contributed by atoms with E-state index in [1.807, 2.05) is 31.2 Å². The third-order valence-electron chi connectivity index (χ3n) is 4.51. The molecule has 0 heterocycles. The average molecular weight is 417 g/mol. The number of carbonyl (C=O) groups is 1. The normalized spacial score (nSPS) is 11.3. The zero-order valence-electron chi connectivity index (χ0n) is 17.5. The lowest BCUT2D eigenvalue weighted by molar-refractivity contribution is 0.0526. The average Bonchev–Trinajstić information content (AvgIpc) is 2.73. The van der Waals surface area contributed by atoms with Gasteiger partial charge in [0.25, 0.3) is 0 Å². The Labute approximate surface area is 177 Å². The molecule has 0 unspecified atom stereocenters. The third kappa shape index (κ3) is 5.84. The fourth-order valence-electron chi connectivity index (χ4n) is 2.95. The first-order valence-corrected chi connectivity index (χ1v) is 9.91. The van der Waals surface area contributed by atoms with Gasteiger partial charge in [-0.15, -0.1) is 0 Å². The molecule has 0 radical (unpaired) electrons. The van der Waals surface area contributed by atoms with Crippen LogP contribution in [-0.4, -0.2) is 31.9 Å². The van der Waals surface area contributed by atoms with Crippen molar-refractivity contribution in [2.45, 2.75) is 33.2 Å². The van der Waals surface area contributed by atoms with E-state index in [1.165, 1.54) is 0 Å². The highest BCUT2D eigenvalue weighted by Gasteiger charge is 2.15. The van der Waals surface area contributed by atoms with Gasteiger partial charge in [0.15, 0.2) is 16.6 Å². The SMILES string of the molecule is CCOC(=O)c1ccc(NC(=S)N[C@H](CC)c2ccc(OC)c(OC)c2)c(C)c1. The van der Waals surface area contributed by atoms with Crippen molar-refractivity contribution in [2.24, 2.45) is 0 Å². The summed E-state index contributed by atoms with van der Waals surface area (Å²) >= 11 is 5.50. The van der Waals surface area contributed by atoms with E-state index in [0.717, 1.165) is 23.2 Å². The van der Waals surface area contributed by atoms with Gasteiger partial charge in [-0.2, -0.15) is 0 Å². The van der Waals surface area contributed by atoms with Crippen LogP contribution >= 0.6 is 12.2 Å². The van der Waals surface area contributed by atoms with Crippen LogP contribution in [0.5, 0.6) is 11.5 Å². The number of carbonyl (C=O) groups excluding carboxylic acids is 1. The molecular formula is C22H28N2O4S. The Morgan fingerprint density at radius 1 is 1.07 bits per heavy atom. The van der Waals surface area contributed by atoms with Gasteiger partial charge in [0, 0.05) is 5.69 Å². The predicted molar refractivity (Wildman–Crippen MR) is 119 cm³/mol. The van der Waals surface area contributed by atoms with E-state index < -0.39 is 0 Å². The summed E-state index contributed by atoms with van der Waals surface area (Å²) < 4.78 is 15.7. The number of esters is 1. The van der Waals surface area contributed by atoms with Crippen LogP contribution in [0.25, 0.3) is 0 Å². The minimum atomic E-state index is -0.331. The fourth-order valence-corrected chi connectivity index (χ4v) is 3.20. The van der Waals surface area contributed by atoms with Crippen LogP contribution in [0.3, 0.4) is 0 Å². The van der Waals surface area contributed by atoms with Crippen molar-refractivity contribution in [3.8, 4) is 11.5 Å². The quantitative estimate of drug-likeness (QED) is 0.480. The fraction of sp³-hybridized carbons (Fsp3) is 0.364. The maximum atomic E-state index is 11.9. The van der Waals surface area contributed by atoms with Gasteiger partial charge in [-0.25, -0.2) is 4.79 Å². The molecule has 2 aromatic rings. The lowest BCUT2D eigenvalue weighted by Crippen LogP contribution is -2.32. The van der Waals surface area contributed by atoms with Crippen LogP contribution in [0.4, 0.5) is 5.69 Å². The number of rotatable bonds is 8. The van der Waals surface area contributed by atoms with E-state index in [0.29, 0.717) is 28.8 Å². The van der Waals surface area contributed by atoms with Gasteiger partial charge in [-0.05, 0) is 73.9 Å². The summed E-state index contributed by atoms with van der Waals surface area (Å²) in [5.41, 5.74) is 3.30. The molecule has 2 aromatic carbocycles. The van der Waals surface area contributed by atoms with Crippen molar-refractivity contribution in [1.29, 1.82) is 0 Å². The largest absolute Gasteiger partial charge is 0.493 e. The maximum absolute atomic E-state index is 11.9. The minimum Gasteiger partial charge on any atom is -0.493 e. The number of benzene rings is 2. The molecule has 0 spiro atoms. The second-order valence-electron chi connectivity index (χ2n) is 6.42. The first-order valence-electron chi connectivity index (χ1n) is 9.50. The maximum Gasteiger partial charge on any atom is 0.338 e. The number of aryl methyl sites for hydroxylation is 1. The summed E-state index contributed by atoms with van der Waals surface area (Å²) in [4.78, 5) is 11.9. The molecule has 0 fully saturated rings. The number of hydrogen-bond donors (Lipinski definition) is 2. The number of hydrogen-bond acceptors (Lipinski definition) is 5. The van der Waals surface area contributed by atoms with Gasteiger partial charge >= 0.3 is 5.97 Å². The van der Waals surface area contributed by atoms with Crippen LogP contribution in [0.2, 0.25) is 0 Å². The highest BCUT2D eigenvalue weighted by atomic mass is 32.1. The number of anilines is 1. The molecule has 2 N–H and O–H groups in total. The Hall–Kier alpha value is -2.80. The molecule has 7 heteroatoms. The molecule has 1 atom stereocenters. The second kappa shape index (κ2) is 10.7. The third-order valence-corrected chi connectivity index (χ3v) is 4.73. The molecule has 2 rings (SSSR count). The Balaban J connectivity index is 2.10. The summed E-state index contributed by atoms with van der Waals surface area (Å²) in [6.07, 6.45) is 0.831. The van der Waals surface area contributed by atoms with Crippen molar-refractivity contribution < 1.29 is 19.0 Å². The van der Waals surface area contributed by atoms with E-state index in [1.54, 1.807) is 33.3 Å². The molecule has 0 amide bonds. The van der Waals surface area contributed by atoms with Crippen LogP contribution in [0.15, 0.2) is 36.4 Å². The molecule has 6 nitrogen and oxygen atoms in total. The van der Waals surface area contributed by atoms with Gasteiger partial charge in [0.2, 0.25) is 0 Å². The monoisotopic (exact) mass is 416 g/mol. The van der Waals surface area contributed by atoms with Gasteiger partial charge in [-0.3, -0.25) is 0 Å². The Kier molecular flexibility index (Phi) is 8.27. The Bertz CT molecular complexity index is 870. The topological polar surface area (TPSA) is 68.8 Å². The molecular weight excluding hydrogens is 388 g/mol. The highest BCUT2D eigenvalue weighted by Crippen LogP contribution is 2.31. The predicted octanol–water partition coefficient (Wildman–Crippen LogP) is 4.63. The molecule has 0 saturated heterocycles. The van der Waals surface area contributed by atoms with Gasteiger partial charge in [0.05, 0.1) is 32.4 Å². The zero-order chi connectivity index (χ0) is 21.4. The summed E-state index contributed by atoms with van der Waals surface area (Å²) in [6.45, 7) is 6.13. The standard InChI is InChI=1S/C22H28N2O4S/c1-6-17(15-9-11-19(26-4)20(13-15)27-5)23-22(29)24-18-10-8-16(12-14(18)3)21(25)28-7-2/h8-13,17H,6-7H2,1-5H3,(H2,23,24,29)/t17-/m1/s1. The van der Waals surface area contributed by atoms with Crippen LogP contribution in [-0.2, 0) is 4.74 Å². The molecule has 0 bridgehead atoms. The number of thiocarbonyl (C=S) groups is 1. The zero-order valence-corrected chi connectivity index (χ0v) is 18.3. The van der Waals surface area contributed by atoms with Crippen LogP contribution < -0.4 is 20.1 Å². The molecule has 0 aliphatic rings. The van der Waals surface area contributed by atoms with Crippen molar-refractivity contribution in [3.05, 3.63) is 53.1 Å². The lowest BCUT2D eigenvalue weighted by Gasteiger charge is -2.21. The summed E-state index contributed by atoms with van der Waals surface area (Å²) in [5.74, 6) is 1.03. The van der Waals surface area contributed by atoms with Gasteiger partial charge < -0.3 is 24.8 Å². The summed E-state index contributed by atoms with van der Waals surface area (Å²) in [7, 11) is 3.23. The van der Waals surface area contributed by atoms with Crippen molar-refractivity contribution in [2.75, 3.05) is 26.1 Å². The Morgan fingerprint density at radius 3 is 2.38 bits per heavy atom. The summed E-state index contributed by atoms with van der Waals surface area (Å²) in [5, 5.41) is 7.04. The molecule has 156 valence electrons. The molecule has 29 heavy (non-hydrogen) atoms. The molecule has 0 aromatic heterocycles. The van der Waals surface area contributed by atoms with E-state index in [-0.39, 0.29) is 12.0 Å². The van der Waals surface area contributed by atoms with Crippen molar-refractivity contribution in [3.63, 3.8) is 0 Å². The van der Waals surface area contributed by atoms with E-state index >= 15 is 0 Å². The van der Waals surface area contributed by atoms with E-state index in [4.69, 9.17) is 26.4 Å². The van der Waals surface area contributed by atoms with E-state index in [2.05, 4.69) is 17.6 Å². The Morgan fingerprint density at radius 2 is 1.79 bits per heavy atom. The smallest absolute Gasteiger partial charge is 0.338 e. The summed E-state index contributed by atoms with van der Waals surface area (Å²) in [6, 6.07) is 11.2. The first-order chi connectivity index (χ1) is 13.9. The van der Waals surface area contributed by atoms with Crippen LogP contribution in [0.1, 0.15) is 47.8 Å². The van der Waals surface area contributed by atoms with Crippen molar-refractivity contribution >= 4 is 29.0 Å². The van der Waals surface area contributed by atoms with Crippen LogP contribution in [0, 0.1) is 6.92 Å². The van der Waals surface area contributed by atoms with E-state index in [9.17, 15) is 4.79 Å². The number of methoxy groups -OCH3 is 2. The van der Waals surface area contributed by atoms with Gasteiger partial charge in [0.1, 0.15) is 0 Å². The molecule has 0 aliphatic heterocycles. The number of ether oxygens (including phenoxy) is 3. The molecule has 0 saturated carbocycles. The second-order valence-corrected chi connectivity index (χ2v) is 6.83. The lowest BCUT2D eigenvalue weighted by atomic mass is 10.0. The number of nitrogens with one attached hydrogen (secondary N) is 2. The van der Waals surface area contributed by atoms with Crippen molar-refractivity contribution in [1.82, 2.24) is 5.32 Å². The minimum absolute atomic E-state index is 0.00826. The molecule has 0 aliphatic carbocycles. The highest BCUT2D eigenvalue weighted by molar-refractivity contribution is 7.80.